The number of para-hydroxylation sites is 1. The van der Waals surface area contributed by atoms with E-state index < -0.39 is 16.0 Å². The number of nitrogens with one attached hydrogen (secondary N) is 2. The molecular formula is C16H14N2O5S. The summed E-state index contributed by atoms with van der Waals surface area (Å²) < 4.78 is 32.5. The molecule has 0 unspecified atom stereocenters. The molecule has 0 aliphatic rings. The third-order valence-corrected chi connectivity index (χ3v) is 4.88. The molecule has 0 saturated heterocycles. The van der Waals surface area contributed by atoms with Crippen molar-refractivity contribution >= 4 is 32.6 Å². The van der Waals surface area contributed by atoms with E-state index in [2.05, 4.69) is 9.71 Å². The minimum Gasteiger partial charge on any atom is -0.497 e. The third-order valence-electron chi connectivity index (χ3n) is 3.50. The molecule has 8 heteroatoms. The fourth-order valence-electron chi connectivity index (χ4n) is 2.32. The zero-order valence-corrected chi connectivity index (χ0v) is 13.4. The van der Waals surface area contributed by atoms with Gasteiger partial charge in [0, 0.05) is 5.39 Å². The summed E-state index contributed by atoms with van der Waals surface area (Å²) in [6, 6.07) is 12.3. The highest BCUT2D eigenvalue weighted by atomic mass is 32.2. The summed E-state index contributed by atoms with van der Waals surface area (Å²) in [7, 11) is -2.32. The van der Waals surface area contributed by atoms with E-state index in [1.54, 1.807) is 30.3 Å². The van der Waals surface area contributed by atoms with E-state index in [0.29, 0.717) is 16.7 Å². The zero-order chi connectivity index (χ0) is 17.3. The molecule has 0 bridgehead atoms. The van der Waals surface area contributed by atoms with Crippen LogP contribution in [0.4, 0.5) is 5.69 Å². The quantitative estimate of drug-likeness (QED) is 0.658. The van der Waals surface area contributed by atoms with Crippen molar-refractivity contribution in [2.75, 3.05) is 11.8 Å². The molecule has 0 amide bonds. The number of benzene rings is 2. The fourth-order valence-corrected chi connectivity index (χ4v) is 3.39. The maximum Gasteiger partial charge on any atom is 0.352 e. The Hall–Kier alpha value is -3.00. The fraction of sp³-hybridized carbons (Fsp3) is 0.0625. The topological polar surface area (TPSA) is 108 Å². The first kappa shape index (κ1) is 15.9. The van der Waals surface area contributed by atoms with Crippen LogP contribution in [0.2, 0.25) is 0 Å². The monoisotopic (exact) mass is 346 g/mol. The maximum atomic E-state index is 12.5. The number of aromatic carboxylic acids is 1. The van der Waals surface area contributed by atoms with Crippen molar-refractivity contribution in [2.45, 2.75) is 4.90 Å². The lowest BCUT2D eigenvalue weighted by atomic mass is 10.2. The van der Waals surface area contributed by atoms with Gasteiger partial charge in [-0.3, -0.25) is 4.72 Å². The number of methoxy groups -OCH3 is 1. The molecule has 1 heterocycles. The molecule has 1 aromatic heterocycles. The molecule has 24 heavy (non-hydrogen) atoms. The van der Waals surface area contributed by atoms with Gasteiger partial charge in [0.05, 0.1) is 23.2 Å². The Labute approximate surface area is 137 Å². The summed E-state index contributed by atoms with van der Waals surface area (Å²) in [5, 5.41) is 9.65. The molecule has 0 saturated carbocycles. The lowest BCUT2D eigenvalue weighted by Gasteiger charge is -2.09. The van der Waals surface area contributed by atoms with Crippen LogP contribution in [0, 0.1) is 0 Å². The highest BCUT2D eigenvalue weighted by Crippen LogP contribution is 2.26. The molecule has 2 aromatic carbocycles. The number of carbonyl (C=O) groups is 1. The number of rotatable bonds is 5. The van der Waals surface area contributed by atoms with Crippen LogP contribution in [0.5, 0.6) is 5.75 Å². The van der Waals surface area contributed by atoms with E-state index in [-0.39, 0.29) is 16.3 Å². The minimum atomic E-state index is -3.81. The number of carboxylic acid groups (broad SMARTS) is 1. The standard InChI is InChI=1S/C16H14N2O5S/c1-23-11-5-7-12(8-6-11)24(21,22)18-13-4-2-3-10-9-14(16(19)20)17-15(10)13/h2-9,17-18H,1H3,(H,19,20). The third kappa shape index (κ3) is 2.91. The molecule has 3 aromatic rings. The molecule has 7 nitrogen and oxygen atoms in total. The second kappa shape index (κ2) is 5.89. The van der Waals surface area contributed by atoms with Crippen molar-refractivity contribution in [2.24, 2.45) is 0 Å². The van der Waals surface area contributed by atoms with Gasteiger partial charge in [0.25, 0.3) is 10.0 Å². The summed E-state index contributed by atoms with van der Waals surface area (Å²) in [5.74, 6) is -0.568. The van der Waals surface area contributed by atoms with Crippen molar-refractivity contribution in [3.63, 3.8) is 0 Å². The first-order chi connectivity index (χ1) is 11.4. The van der Waals surface area contributed by atoms with Gasteiger partial charge in [-0.05, 0) is 36.4 Å². The smallest absolute Gasteiger partial charge is 0.352 e. The molecule has 0 aliphatic heterocycles. The summed E-state index contributed by atoms with van der Waals surface area (Å²) >= 11 is 0. The molecule has 0 spiro atoms. The zero-order valence-electron chi connectivity index (χ0n) is 12.6. The second-order valence-electron chi connectivity index (χ2n) is 5.04. The van der Waals surface area contributed by atoms with Crippen LogP contribution in [0.15, 0.2) is 53.4 Å². The second-order valence-corrected chi connectivity index (χ2v) is 6.72. The first-order valence-corrected chi connectivity index (χ1v) is 8.41. The Morgan fingerprint density at radius 2 is 1.88 bits per heavy atom. The Morgan fingerprint density at radius 1 is 1.17 bits per heavy atom. The maximum absolute atomic E-state index is 12.5. The van der Waals surface area contributed by atoms with E-state index in [4.69, 9.17) is 9.84 Å². The summed E-state index contributed by atoms with van der Waals surface area (Å²) in [4.78, 5) is 13.9. The van der Waals surface area contributed by atoms with E-state index in [9.17, 15) is 13.2 Å². The van der Waals surface area contributed by atoms with Gasteiger partial charge in [-0.15, -0.1) is 0 Å². The van der Waals surface area contributed by atoms with E-state index >= 15 is 0 Å². The predicted octanol–water partition coefficient (Wildman–Crippen LogP) is 2.68. The molecule has 0 aliphatic carbocycles. The Balaban J connectivity index is 2.00. The molecule has 0 atom stereocenters. The average Bonchev–Trinajstić information content (AvgIpc) is 3.00. The number of ether oxygens (including phenoxy) is 1. The molecule has 3 rings (SSSR count). The molecular weight excluding hydrogens is 332 g/mol. The number of hydrogen-bond acceptors (Lipinski definition) is 4. The van der Waals surface area contributed by atoms with Gasteiger partial charge in [0.1, 0.15) is 11.4 Å². The van der Waals surface area contributed by atoms with E-state index in [0.717, 1.165) is 0 Å². The molecule has 0 fully saturated rings. The van der Waals surface area contributed by atoms with Crippen LogP contribution in [-0.2, 0) is 10.0 Å². The Kier molecular flexibility index (Phi) is 3.90. The largest absolute Gasteiger partial charge is 0.497 e. The number of hydrogen-bond donors (Lipinski definition) is 3. The van der Waals surface area contributed by atoms with E-state index in [1.165, 1.54) is 25.3 Å². The normalized spacial score (nSPS) is 11.4. The van der Waals surface area contributed by atoms with Gasteiger partial charge in [-0.1, -0.05) is 12.1 Å². The van der Waals surface area contributed by atoms with Crippen LogP contribution < -0.4 is 9.46 Å². The van der Waals surface area contributed by atoms with Gasteiger partial charge in [0.2, 0.25) is 0 Å². The molecule has 0 radical (unpaired) electrons. The number of sulfonamides is 1. The van der Waals surface area contributed by atoms with Crippen molar-refractivity contribution in [3.8, 4) is 5.75 Å². The lowest BCUT2D eigenvalue weighted by molar-refractivity contribution is 0.0691. The van der Waals surface area contributed by atoms with Crippen LogP contribution in [0.1, 0.15) is 10.5 Å². The number of aromatic nitrogens is 1. The van der Waals surface area contributed by atoms with Crippen LogP contribution in [0.25, 0.3) is 10.9 Å². The van der Waals surface area contributed by atoms with Gasteiger partial charge in [-0.25, -0.2) is 13.2 Å². The predicted molar refractivity (Wildman–Crippen MR) is 89.1 cm³/mol. The Bertz CT molecular complexity index is 1010. The van der Waals surface area contributed by atoms with Gasteiger partial charge in [0.15, 0.2) is 0 Å². The van der Waals surface area contributed by atoms with Gasteiger partial charge >= 0.3 is 5.97 Å². The minimum absolute atomic E-state index is 0.0129. The van der Waals surface area contributed by atoms with Crippen LogP contribution in [0.3, 0.4) is 0 Å². The SMILES string of the molecule is COc1ccc(S(=O)(=O)Nc2cccc3cc(C(=O)O)[nH]c23)cc1. The van der Waals surface area contributed by atoms with Crippen molar-refractivity contribution in [1.29, 1.82) is 0 Å². The van der Waals surface area contributed by atoms with Crippen molar-refractivity contribution < 1.29 is 23.1 Å². The van der Waals surface area contributed by atoms with Gasteiger partial charge in [-0.2, -0.15) is 0 Å². The number of fused-ring (bicyclic) bond motifs is 1. The number of anilines is 1. The molecule has 124 valence electrons. The highest BCUT2D eigenvalue weighted by molar-refractivity contribution is 7.92. The number of aromatic amines is 1. The lowest BCUT2D eigenvalue weighted by Crippen LogP contribution is -2.13. The van der Waals surface area contributed by atoms with Crippen molar-refractivity contribution in [1.82, 2.24) is 4.98 Å². The van der Waals surface area contributed by atoms with Crippen molar-refractivity contribution in [3.05, 3.63) is 54.2 Å². The van der Waals surface area contributed by atoms with Crippen LogP contribution >= 0.6 is 0 Å². The average molecular weight is 346 g/mol. The summed E-state index contributed by atoms with van der Waals surface area (Å²) in [5.41, 5.74) is 0.670. The summed E-state index contributed by atoms with van der Waals surface area (Å²) in [6.07, 6.45) is 0. The highest BCUT2D eigenvalue weighted by Gasteiger charge is 2.17. The van der Waals surface area contributed by atoms with E-state index in [1.807, 2.05) is 0 Å². The number of carboxylic acids is 1. The number of H-pyrrole nitrogens is 1. The first-order valence-electron chi connectivity index (χ1n) is 6.92. The van der Waals surface area contributed by atoms with Gasteiger partial charge < -0.3 is 14.8 Å². The molecule has 3 N–H and O–H groups in total. The van der Waals surface area contributed by atoms with Crippen LogP contribution in [-0.4, -0.2) is 31.6 Å². The Morgan fingerprint density at radius 3 is 2.50 bits per heavy atom. The summed E-state index contributed by atoms with van der Waals surface area (Å²) in [6.45, 7) is 0.